The highest BCUT2D eigenvalue weighted by molar-refractivity contribution is 5.78. The van der Waals surface area contributed by atoms with Crippen LogP contribution in [-0.2, 0) is 17.8 Å². The van der Waals surface area contributed by atoms with Gasteiger partial charge in [0.25, 0.3) is 0 Å². The van der Waals surface area contributed by atoms with E-state index in [4.69, 9.17) is 5.73 Å². The first-order valence-electron chi connectivity index (χ1n) is 6.12. The molecule has 0 aliphatic rings. The van der Waals surface area contributed by atoms with Crippen molar-refractivity contribution in [3.8, 4) is 0 Å². The summed E-state index contributed by atoms with van der Waals surface area (Å²) in [7, 11) is 1.87. The largest absolute Gasteiger partial charge is 0.343 e. The van der Waals surface area contributed by atoms with Gasteiger partial charge in [-0.25, -0.2) is 0 Å². The highest BCUT2D eigenvalue weighted by Gasteiger charge is 2.14. The zero-order valence-electron chi connectivity index (χ0n) is 10.9. The van der Waals surface area contributed by atoms with Crippen molar-refractivity contribution in [2.75, 3.05) is 7.05 Å². The predicted octanol–water partition coefficient (Wildman–Crippen LogP) is 1.94. The van der Waals surface area contributed by atoms with Crippen LogP contribution in [0.3, 0.4) is 0 Å². The fourth-order valence-corrected chi connectivity index (χ4v) is 1.61. The predicted molar refractivity (Wildman–Crippen MR) is 70.6 cm³/mol. The summed E-state index contributed by atoms with van der Waals surface area (Å²) in [5, 5.41) is 0. The van der Waals surface area contributed by atoms with Crippen molar-refractivity contribution in [3.63, 3.8) is 0 Å². The third kappa shape index (κ3) is 3.86. The van der Waals surface area contributed by atoms with E-state index in [2.05, 4.69) is 13.8 Å². The van der Waals surface area contributed by atoms with Gasteiger partial charge in [-0.05, 0) is 24.5 Å². The molecule has 0 heterocycles. The van der Waals surface area contributed by atoms with Crippen LogP contribution < -0.4 is 5.73 Å². The molecule has 94 valence electrons. The standard InChI is InChI=1S/C14H22N2O/c1-4-11(2)16(3)14(17)9-12-5-7-13(10-15)8-6-12/h5-8,11H,4,9-10,15H2,1-3H3. The lowest BCUT2D eigenvalue weighted by Gasteiger charge is -2.23. The number of benzene rings is 1. The summed E-state index contributed by atoms with van der Waals surface area (Å²) in [6.45, 7) is 4.70. The van der Waals surface area contributed by atoms with Gasteiger partial charge >= 0.3 is 0 Å². The van der Waals surface area contributed by atoms with Crippen LogP contribution in [0.4, 0.5) is 0 Å². The average molecular weight is 234 g/mol. The van der Waals surface area contributed by atoms with Gasteiger partial charge in [0.05, 0.1) is 6.42 Å². The summed E-state index contributed by atoms with van der Waals surface area (Å²) >= 11 is 0. The Kier molecular flexibility index (Phi) is 5.16. The van der Waals surface area contributed by atoms with E-state index >= 15 is 0 Å². The summed E-state index contributed by atoms with van der Waals surface area (Å²) < 4.78 is 0. The fourth-order valence-electron chi connectivity index (χ4n) is 1.61. The number of hydrogen-bond acceptors (Lipinski definition) is 2. The van der Waals surface area contributed by atoms with Crippen LogP contribution >= 0.6 is 0 Å². The van der Waals surface area contributed by atoms with Crippen LogP contribution in [0, 0.1) is 0 Å². The Hall–Kier alpha value is -1.35. The SMILES string of the molecule is CCC(C)N(C)C(=O)Cc1ccc(CN)cc1. The first-order chi connectivity index (χ1) is 8.08. The van der Waals surface area contributed by atoms with Crippen molar-refractivity contribution in [2.24, 2.45) is 5.73 Å². The van der Waals surface area contributed by atoms with E-state index in [1.54, 1.807) is 0 Å². The van der Waals surface area contributed by atoms with Crippen molar-refractivity contribution in [1.82, 2.24) is 4.90 Å². The molecule has 0 fully saturated rings. The Morgan fingerprint density at radius 3 is 2.29 bits per heavy atom. The van der Waals surface area contributed by atoms with Gasteiger partial charge in [0.1, 0.15) is 0 Å². The zero-order valence-corrected chi connectivity index (χ0v) is 10.9. The molecule has 3 heteroatoms. The molecule has 1 aromatic carbocycles. The Bertz CT molecular complexity index is 359. The fraction of sp³-hybridized carbons (Fsp3) is 0.500. The second kappa shape index (κ2) is 6.40. The lowest BCUT2D eigenvalue weighted by Crippen LogP contribution is -2.35. The number of hydrogen-bond donors (Lipinski definition) is 1. The highest BCUT2D eigenvalue weighted by atomic mass is 16.2. The molecular formula is C14H22N2O. The van der Waals surface area contributed by atoms with E-state index in [9.17, 15) is 4.79 Å². The molecule has 1 rings (SSSR count). The molecule has 1 atom stereocenters. The molecule has 0 spiro atoms. The minimum absolute atomic E-state index is 0.167. The molecule has 0 saturated heterocycles. The van der Waals surface area contributed by atoms with Gasteiger partial charge < -0.3 is 10.6 Å². The van der Waals surface area contributed by atoms with E-state index in [0.717, 1.165) is 17.5 Å². The van der Waals surface area contributed by atoms with Gasteiger partial charge in [0.15, 0.2) is 0 Å². The average Bonchev–Trinajstić information content (AvgIpc) is 2.37. The first kappa shape index (κ1) is 13.7. The van der Waals surface area contributed by atoms with Gasteiger partial charge in [-0.2, -0.15) is 0 Å². The third-order valence-corrected chi connectivity index (χ3v) is 3.26. The number of carbonyl (C=O) groups excluding carboxylic acids is 1. The summed E-state index contributed by atoms with van der Waals surface area (Å²) in [5.74, 6) is 0.167. The van der Waals surface area contributed by atoms with Crippen LogP contribution in [0.25, 0.3) is 0 Å². The molecular weight excluding hydrogens is 212 g/mol. The smallest absolute Gasteiger partial charge is 0.226 e. The lowest BCUT2D eigenvalue weighted by molar-refractivity contribution is -0.130. The molecule has 0 bridgehead atoms. The van der Waals surface area contributed by atoms with Gasteiger partial charge in [-0.3, -0.25) is 4.79 Å². The van der Waals surface area contributed by atoms with E-state index in [1.165, 1.54) is 0 Å². The maximum absolute atomic E-state index is 12.0. The van der Waals surface area contributed by atoms with Crippen molar-refractivity contribution in [1.29, 1.82) is 0 Å². The Morgan fingerprint density at radius 2 is 1.82 bits per heavy atom. The number of carbonyl (C=O) groups is 1. The third-order valence-electron chi connectivity index (χ3n) is 3.26. The molecule has 0 aliphatic carbocycles. The van der Waals surface area contributed by atoms with E-state index in [1.807, 2.05) is 36.2 Å². The zero-order chi connectivity index (χ0) is 12.8. The normalized spacial score (nSPS) is 12.2. The summed E-state index contributed by atoms with van der Waals surface area (Å²) in [6.07, 6.45) is 1.44. The van der Waals surface area contributed by atoms with Crippen LogP contribution in [0.15, 0.2) is 24.3 Å². The molecule has 1 amide bonds. The number of rotatable bonds is 5. The second-order valence-corrected chi connectivity index (χ2v) is 4.46. The van der Waals surface area contributed by atoms with Crippen molar-refractivity contribution in [3.05, 3.63) is 35.4 Å². The molecule has 1 unspecified atom stereocenters. The monoisotopic (exact) mass is 234 g/mol. The number of likely N-dealkylation sites (N-methyl/N-ethyl adjacent to an activating group) is 1. The molecule has 0 radical (unpaired) electrons. The Balaban J connectivity index is 2.61. The van der Waals surface area contributed by atoms with E-state index in [0.29, 0.717) is 19.0 Å². The summed E-state index contributed by atoms with van der Waals surface area (Å²) in [6, 6.07) is 8.21. The summed E-state index contributed by atoms with van der Waals surface area (Å²) in [5.41, 5.74) is 7.67. The minimum atomic E-state index is 0.167. The van der Waals surface area contributed by atoms with Gasteiger partial charge in [-0.1, -0.05) is 31.2 Å². The van der Waals surface area contributed by atoms with E-state index in [-0.39, 0.29) is 5.91 Å². The molecule has 3 nitrogen and oxygen atoms in total. The highest BCUT2D eigenvalue weighted by Crippen LogP contribution is 2.08. The first-order valence-corrected chi connectivity index (χ1v) is 6.12. The van der Waals surface area contributed by atoms with Crippen LogP contribution in [0.1, 0.15) is 31.4 Å². The number of amides is 1. The second-order valence-electron chi connectivity index (χ2n) is 4.46. The van der Waals surface area contributed by atoms with Crippen molar-refractivity contribution < 1.29 is 4.79 Å². The maximum atomic E-state index is 12.0. The maximum Gasteiger partial charge on any atom is 0.226 e. The van der Waals surface area contributed by atoms with Gasteiger partial charge in [-0.15, -0.1) is 0 Å². The number of nitrogens with two attached hydrogens (primary N) is 1. The topological polar surface area (TPSA) is 46.3 Å². The molecule has 0 aliphatic heterocycles. The van der Waals surface area contributed by atoms with E-state index < -0.39 is 0 Å². The van der Waals surface area contributed by atoms with Crippen molar-refractivity contribution >= 4 is 5.91 Å². The van der Waals surface area contributed by atoms with Gasteiger partial charge in [0.2, 0.25) is 5.91 Å². The molecule has 2 N–H and O–H groups in total. The summed E-state index contributed by atoms with van der Waals surface area (Å²) in [4.78, 5) is 13.8. The number of nitrogens with zero attached hydrogens (tertiary/aromatic N) is 1. The van der Waals surface area contributed by atoms with Crippen LogP contribution in [-0.4, -0.2) is 23.9 Å². The molecule has 0 saturated carbocycles. The minimum Gasteiger partial charge on any atom is -0.343 e. The lowest BCUT2D eigenvalue weighted by atomic mass is 10.1. The molecule has 17 heavy (non-hydrogen) atoms. The molecule has 1 aromatic rings. The Labute approximate surface area is 104 Å². The van der Waals surface area contributed by atoms with Crippen LogP contribution in [0.2, 0.25) is 0 Å². The van der Waals surface area contributed by atoms with Crippen LogP contribution in [0.5, 0.6) is 0 Å². The quantitative estimate of drug-likeness (QED) is 0.846. The molecule has 0 aromatic heterocycles. The van der Waals surface area contributed by atoms with Crippen molar-refractivity contribution in [2.45, 2.75) is 39.3 Å². The Morgan fingerprint density at radius 1 is 1.29 bits per heavy atom. The van der Waals surface area contributed by atoms with Gasteiger partial charge in [0, 0.05) is 19.6 Å².